The molecule has 0 heterocycles. The van der Waals surface area contributed by atoms with Crippen molar-refractivity contribution in [3.05, 3.63) is 69.3 Å². The largest absolute Gasteiger partial charge is 0.490 e. The number of aliphatic hydroxyl groups excluding tert-OH is 1. The second kappa shape index (κ2) is 9.59. The van der Waals surface area contributed by atoms with Crippen molar-refractivity contribution in [3.8, 4) is 5.75 Å². The number of hydrogen-bond acceptors (Lipinski definition) is 4. The van der Waals surface area contributed by atoms with Gasteiger partial charge in [0.2, 0.25) is 0 Å². The zero-order valence-electron chi connectivity index (χ0n) is 20.8. The Balaban J connectivity index is 2.05. The second-order valence-corrected chi connectivity index (χ2v) is 11.4. The molecule has 2 aromatic carbocycles. The van der Waals surface area contributed by atoms with E-state index in [-0.39, 0.29) is 23.1 Å². The summed E-state index contributed by atoms with van der Waals surface area (Å²) in [7, 11) is 4.06. The Morgan fingerprint density at radius 1 is 1.00 bits per heavy atom. The molecule has 0 aliphatic rings. The van der Waals surface area contributed by atoms with Gasteiger partial charge in [0.15, 0.2) is 0 Å². The summed E-state index contributed by atoms with van der Waals surface area (Å²) in [5, 5.41) is 21.5. The van der Waals surface area contributed by atoms with E-state index in [4.69, 9.17) is 4.74 Å². The Kier molecular flexibility index (Phi) is 7.74. The van der Waals surface area contributed by atoms with Crippen LogP contribution in [0.3, 0.4) is 0 Å². The summed E-state index contributed by atoms with van der Waals surface area (Å²) in [6.45, 7) is 14.5. The molecular formula is C26H39N2O4+. The first-order valence-corrected chi connectivity index (χ1v) is 11.1. The number of nitrogens with zero attached hydrogens (tertiary/aromatic N) is 2. The van der Waals surface area contributed by atoms with Gasteiger partial charge in [-0.05, 0) is 40.2 Å². The minimum atomic E-state index is -0.641. The smallest absolute Gasteiger partial charge is 0.269 e. The van der Waals surface area contributed by atoms with E-state index >= 15 is 0 Å². The minimum Gasteiger partial charge on any atom is -0.490 e. The summed E-state index contributed by atoms with van der Waals surface area (Å²) in [4.78, 5) is 10.4. The molecule has 6 heteroatoms. The first kappa shape index (κ1) is 25.8. The number of likely N-dealkylation sites (N-methyl/N-ethyl adjacent to an activating group) is 1. The van der Waals surface area contributed by atoms with Gasteiger partial charge in [0.05, 0.1) is 19.0 Å². The SMILES string of the molecule is CC(C)(C)c1ccc(OC[C@@H](O)C[N+](C)(C)Cc2ccc([N+](=O)[O-])cc2)c(C(C)(C)C)c1. The van der Waals surface area contributed by atoms with Gasteiger partial charge in [0, 0.05) is 17.7 Å². The predicted molar refractivity (Wildman–Crippen MR) is 129 cm³/mol. The molecule has 0 bridgehead atoms. The summed E-state index contributed by atoms with van der Waals surface area (Å²) < 4.78 is 6.64. The van der Waals surface area contributed by atoms with Crippen LogP contribution in [0.1, 0.15) is 58.2 Å². The van der Waals surface area contributed by atoms with E-state index in [0.717, 1.165) is 16.9 Å². The van der Waals surface area contributed by atoms with E-state index in [1.54, 1.807) is 12.1 Å². The molecule has 0 aromatic heterocycles. The summed E-state index contributed by atoms with van der Waals surface area (Å²) in [6, 6.07) is 12.9. The zero-order valence-corrected chi connectivity index (χ0v) is 20.8. The molecule has 0 unspecified atom stereocenters. The molecule has 0 saturated carbocycles. The molecular weight excluding hydrogens is 404 g/mol. The molecule has 0 fully saturated rings. The summed E-state index contributed by atoms with van der Waals surface area (Å²) in [6.07, 6.45) is -0.641. The summed E-state index contributed by atoms with van der Waals surface area (Å²) >= 11 is 0. The van der Waals surface area contributed by atoms with Crippen molar-refractivity contribution >= 4 is 5.69 Å². The molecule has 2 aromatic rings. The molecule has 32 heavy (non-hydrogen) atoms. The maximum absolute atomic E-state index is 10.8. The average Bonchev–Trinajstić information content (AvgIpc) is 2.64. The highest BCUT2D eigenvalue weighted by Gasteiger charge is 2.25. The number of nitro benzene ring substituents is 1. The molecule has 0 radical (unpaired) electrons. The Bertz CT molecular complexity index is 922. The van der Waals surface area contributed by atoms with Gasteiger partial charge >= 0.3 is 0 Å². The van der Waals surface area contributed by atoms with Crippen LogP contribution in [0.15, 0.2) is 42.5 Å². The topological polar surface area (TPSA) is 72.6 Å². The number of hydrogen-bond donors (Lipinski definition) is 1. The minimum absolute atomic E-state index is 0.0530. The number of quaternary nitrogens is 1. The van der Waals surface area contributed by atoms with Crippen LogP contribution in [0.25, 0.3) is 0 Å². The van der Waals surface area contributed by atoms with Gasteiger partial charge in [-0.3, -0.25) is 10.1 Å². The zero-order chi connectivity index (χ0) is 24.3. The van der Waals surface area contributed by atoms with Crippen LogP contribution < -0.4 is 4.74 Å². The fourth-order valence-electron chi connectivity index (χ4n) is 3.80. The molecule has 1 N–H and O–H groups in total. The molecule has 0 saturated heterocycles. The molecule has 6 nitrogen and oxygen atoms in total. The number of nitro groups is 1. The van der Waals surface area contributed by atoms with Crippen LogP contribution in [0, 0.1) is 10.1 Å². The first-order chi connectivity index (χ1) is 14.6. The van der Waals surface area contributed by atoms with Crippen LogP contribution in [-0.4, -0.2) is 47.9 Å². The van der Waals surface area contributed by atoms with Crippen molar-refractivity contribution in [2.24, 2.45) is 0 Å². The maximum Gasteiger partial charge on any atom is 0.269 e. The van der Waals surface area contributed by atoms with Crippen LogP contribution >= 0.6 is 0 Å². The number of non-ortho nitro benzene ring substituents is 1. The number of benzene rings is 2. The molecule has 0 aliphatic carbocycles. The van der Waals surface area contributed by atoms with E-state index in [1.807, 2.05) is 20.2 Å². The van der Waals surface area contributed by atoms with Crippen LogP contribution in [-0.2, 0) is 17.4 Å². The van der Waals surface area contributed by atoms with Crippen molar-refractivity contribution in [1.82, 2.24) is 0 Å². The van der Waals surface area contributed by atoms with E-state index < -0.39 is 11.0 Å². The third kappa shape index (κ3) is 7.31. The Morgan fingerprint density at radius 3 is 2.09 bits per heavy atom. The number of ether oxygens (including phenoxy) is 1. The second-order valence-electron chi connectivity index (χ2n) is 11.4. The fraction of sp³-hybridized carbons (Fsp3) is 0.538. The lowest BCUT2D eigenvalue weighted by atomic mass is 9.80. The molecule has 0 aliphatic heterocycles. The van der Waals surface area contributed by atoms with Gasteiger partial charge in [-0.15, -0.1) is 0 Å². The van der Waals surface area contributed by atoms with Gasteiger partial charge in [0.1, 0.15) is 31.5 Å². The highest BCUT2D eigenvalue weighted by atomic mass is 16.6. The van der Waals surface area contributed by atoms with E-state index in [9.17, 15) is 15.2 Å². The van der Waals surface area contributed by atoms with Crippen LogP contribution in [0.2, 0.25) is 0 Å². The number of rotatable bonds is 8. The van der Waals surface area contributed by atoms with Crippen LogP contribution in [0.5, 0.6) is 5.75 Å². The molecule has 0 spiro atoms. The number of aliphatic hydroxyl groups is 1. The monoisotopic (exact) mass is 443 g/mol. The summed E-state index contributed by atoms with van der Waals surface area (Å²) in [5.74, 6) is 0.810. The third-order valence-corrected chi connectivity index (χ3v) is 5.55. The normalized spacial score (nSPS) is 13.7. The lowest BCUT2D eigenvalue weighted by Crippen LogP contribution is -2.46. The van der Waals surface area contributed by atoms with Gasteiger partial charge in [-0.2, -0.15) is 0 Å². The van der Waals surface area contributed by atoms with E-state index in [1.165, 1.54) is 17.7 Å². The average molecular weight is 444 g/mol. The Morgan fingerprint density at radius 2 is 1.59 bits per heavy atom. The van der Waals surface area contributed by atoms with Gasteiger partial charge in [-0.25, -0.2) is 0 Å². The predicted octanol–water partition coefficient (Wildman–Crippen LogP) is 5.21. The van der Waals surface area contributed by atoms with Crippen molar-refractivity contribution in [2.75, 3.05) is 27.2 Å². The Hall–Kier alpha value is -2.44. The highest BCUT2D eigenvalue weighted by molar-refractivity contribution is 5.43. The maximum atomic E-state index is 10.8. The summed E-state index contributed by atoms with van der Waals surface area (Å²) in [5.41, 5.74) is 3.44. The highest BCUT2D eigenvalue weighted by Crippen LogP contribution is 2.35. The van der Waals surface area contributed by atoms with Crippen molar-refractivity contribution in [3.63, 3.8) is 0 Å². The lowest BCUT2D eigenvalue weighted by molar-refractivity contribution is -0.906. The third-order valence-electron chi connectivity index (χ3n) is 5.55. The van der Waals surface area contributed by atoms with Crippen molar-refractivity contribution < 1.29 is 19.2 Å². The standard InChI is InChI=1S/C26H39N2O4/c1-25(2,3)20-11-14-24(23(15-20)26(4,5)6)32-18-22(29)17-28(7,8)16-19-9-12-21(13-10-19)27(30)31/h9-15,22,29H,16-18H2,1-8H3/q+1/t22-/m0/s1. The quantitative estimate of drug-likeness (QED) is 0.345. The molecule has 0 amide bonds. The van der Waals surface area contributed by atoms with Crippen molar-refractivity contribution in [1.29, 1.82) is 0 Å². The van der Waals surface area contributed by atoms with Crippen molar-refractivity contribution in [2.45, 2.75) is 65.0 Å². The lowest BCUT2D eigenvalue weighted by Gasteiger charge is -2.32. The van der Waals surface area contributed by atoms with E-state index in [2.05, 4.69) is 53.7 Å². The molecule has 1 atom stereocenters. The molecule has 176 valence electrons. The van der Waals surface area contributed by atoms with Gasteiger partial charge < -0.3 is 14.3 Å². The van der Waals surface area contributed by atoms with E-state index in [0.29, 0.717) is 17.6 Å². The van der Waals surface area contributed by atoms with Gasteiger partial charge in [-0.1, -0.05) is 53.7 Å². The van der Waals surface area contributed by atoms with Gasteiger partial charge in [0.25, 0.3) is 5.69 Å². The Labute approximate surface area is 192 Å². The first-order valence-electron chi connectivity index (χ1n) is 11.1. The van der Waals surface area contributed by atoms with Crippen LogP contribution in [0.4, 0.5) is 5.69 Å². The molecule has 2 rings (SSSR count). The fourth-order valence-corrected chi connectivity index (χ4v) is 3.80.